The van der Waals surface area contributed by atoms with Crippen LogP contribution in [0.1, 0.15) is 65.2 Å². The van der Waals surface area contributed by atoms with Gasteiger partial charge in [-0.3, -0.25) is 4.18 Å². The molecule has 1 aromatic rings. The molecule has 0 saturated heterocycles. The summed E-state index contributed by atoms with van der Waals surface area (Å²) in [6.07, 6.45) is 0. The lowest BCUT2D eigenvalue weighted by Crippen LogP contribution is -2.24. The summed E-state index contributed by atoms with van der Waals surface area (Å²) < 4.78 is 11.6. The van der Waals surface area contributed by atoms with Gasteiger partial charge in [-0.2, -0.15) is 0 Å². The van der Waals surface area contributed by atoms with Crippen LogP contribution in [0, 0.1) is 0 Å². The van der Waals surface area contributed by atoms with Gasteiger partial charge in [0.15, 0.2) is 0 Å². The Morgan fingerprint density at radius 1 is 1.10 bits per heavy atom. The lowest BCUT2D eigenvalue weighted by atomic mass is 9.80. The number of ether oxygens (including phenoxy) is 1. The molecule has 1 heterocycles. The van der Waals surface area contributed by atoms with Crippen molar-refractivity contribution in [3.8, 4) is 0 Å². The minimum absolute atomic E-state index is 0.108. The molecule has 0 radical (unpaired) electrons. The predicted molar refractivity (Wildman–Crippen MR) is 85.1 cm³/mol. The maximum absolute atomic E-state index is 5.92. The summed E-state index contributed by atoms with van der Waals surface area (Å²) >= 11 is 1.48. The van der Waals surface area contributed by atoms with E-state index in [9.17, 15) is 0 Å². The van der Waals surface area contributed by atoms with Gasteiger partial charge in [-0.05, 0) is 44.2 Å². The third-order valence-corrected chi connectivity index (χ3v) is 5.20. The first-order valence-electron chi connectivity index (χ1n) is 7.09. The van der Waals surface area contributed by atoms with E-state index in [1.807, 2.05) is 0 Å². The molecule has 0 atom stereocenters. The Bertz CT molecular complexity index is 525. The summed E-state index contributed by atoms with van der Waals surface area (Å²) in [6.45, 7) is 15.2. The molecule has 2 rings (SSSR count). The summed E-state index contributed by atoms with van der Waals surface area (Å²) in [4.78, 5) is 1.22. The number of hydrogen-bond acceptors (Lipinski definition) is 3. The summed E-state index contributed by atoms with van der Waals surface area (Å²) in [6, 6.07) is 4.57. The smallest absolute Gasteiger partial charge is 0.104 e. The van der Waals surface area contributed by atoms with Gasteiger partial charge in [0.05, 0.1) is 5.60 Å². The summed E-state index contributed by atoms with van der Waals surface area (Å²) in [7, 11) is 1.77. The quantitative estimate of drug-likeness (QED) is 0.704. The molecule has 0 saturated carbocycles. The van der Waals surface area contributed by atoms with Crippen molar-refractivity contribution in [1.29, 1.82) is 0 Å². The first-order chi connectivity index (χ1) is 8.99. The van der Waals surface area contributed by atoms with E-state index in [1.165, 1.54) is 33.6 Å². The maximum Gasteiger partial charge on any atom is 0.104 e. The van der Waals surface area contributed by atoms with E-state index in [1.54, 1.807) is 7.11 Å². The summed E-state index contributed by atoms with van der Waals surface area (Å²) in [5.41, 5.74) is 3.36. The SMILES string of the molecule is COC(C)(C)c1cc(C(C)(C)C)cc2c1SOC2(C)C. The molecule has 1 aromatic carbocycles. The fraction of sp³-hybridized carbons (Fsp3) is 0.647. The Morgan fingerprint density at radius 2 is 1.70 bits per heavy atom. The Kier molecular flexibility index (Phi) is 3.77. The monoisotopic (exact) mass is 294 g/mol. The zero-order valence-corrected chi connectivity index (χ0v) is 14.7. The van der Waals surface area contributed by atoms with Crippen LogP contribution < -0.4 is 0 Å². The van der Waals surface area contributed by atoms with Crippen LogP contribution in [0.25, 0.3) is 0 Å². The average Bonchev–Trinajstić information content (AvgIpc) is 2.63. The Hall–Kier alpha value is -0.510. The van der Waals surface area contributed by atoms with Crippen molar-refractivity contribution >= 4 is 12.0 Å². The van der Waals surface area contributed by atoms with E-state index < -0.39 is 0 Å². The molecule has 0 aromatic heterocycles. The number of fused-ring (bicyclic) bond motifs is 1. The third kappa shape index (κ3) is 2.63. The van der Waals surface area contributed by atoms with Crippen molar-refractivity contribution in [3.63, 3.8) is 0 Å². The van der Waals surface area contributed by atoms with Crippen LogP contribution in [-0.4, -0.2) is 7.11 Å². The van der Waals surface area contributed by atoms with Gasteiger partial charge in [0.2, 0.25) is 0 Å². The van der Waals surface area contributed by atoms with Crippen molar-refractivity contribution in [2.24, 2.45) is 0 Å². The second kappa shape index (κ2) is 4.75. The standard InChI is InChI=1S/C17H26O2S/c1-15(2,3)11-9-12(16(4,5)18-8)14-13(10-11)17(6,7)19-20-14/h9-10H,1-8H3. The molecule has 0 bridgehead atoms. The molecule has 0 amide bonds. The van der Waals surface area contributed by atoms with Crippen molar-refractivity contribution in [2.75, 3.05) is 7.11 Å². The Labute approximate surface area is 127 Å². The molecule has 2 nitrogen and oxygen atoms in total. The lowest BCUT2D eigenvalue weighted by molar-refractivity contribution is 0.0167. The van der Waals surface area contributed by atoms with E-state index in [2.05, 4.69) is 60.6 Å². The largest absolute Gasteiger partial charge is 0.374 e. The van der Waals surface area contributed by atoms with Gasteiger partial charge in [0, 0.05) is 29.6 Å². The fourth-order valence-corrected chi connectivity index (χ4v) is 3.52. The first-order valence-corrected chi connectivity index (χ1v) is 7.83. The highest BCUT2D eigenvalue weighted by Gasteiger charge is 2.38. The maximum atomic E-state index is 5.92. The molecular formula is C17H26O2S. The van der Waals surface area contributed by atoms with Gasteiger partial charge < -0.3 is 4.74 Å². The minimum atomic E-state index is -0.317. The van der Waals surface area contributed by atoms with Crippen molar-refractivity contribution in [1.82, 2.24) is 0 Å². The van der Waals surface area contributed by atoms with Gasteiger partial charge in [-0.1, -0.05) is 32.9 Å². The predicted octanol–water partition coefficient (Wildman–Crippen LogP) is 5.14. The van der Waals surface area contributed by atoms with Crippen molar-refractivity contribution in [2.45, 2.75) is 70.0 Å². The van der Waals surface area contributed by atoms with Gasteiger partial charge in [0.1, 0.15) is 5.60 Å². The molecule has 20 heavy (non-hydrogen) atoms. The van der Waals surface area contributed by atoms with Gasteiger partial charge in [-0.25, -0.2) is 0 Å². The first kappa shape index (κ1) is 15.9. The number of benzene rings is 1. The van der Waals surface area contributed by atoms with E-state index in [0.717, 1.165) is 0 Å². The lowest BCUT2D eigenvalue weighted by Gasteiger charge is -2.30. The van der Waals surface area contributed by atoms with Gasteiger partial charge in [-0.15, -0.1) is 0 Å². The second-order valence-electron chi connectivity index (χ2n) is 7.54. The third-order valence-electron chi connectivity index (χ3n) is 4.10. The van der Waals surface area contributed by atoms with Gasteiger partial charge in [0.25, 0.3) is 0 Å². The van der Waals surface area contributed by atoms with Gasteiger partial charge >= 0.3 is 0 Å². The molecule has 0 aliphatic carbocycles. The molecular weight excluding hydrogens is 268 g/mol. The second-order valence-corrected chi connectivity index (χ2v) is 8.28. The van der Waals surface area contributed by atoms with E-state index >= 15 is 0 Å². The van der Waals surface area contributed by atoms with Crippen LogP contribution in [-0.2, 0) is 25.5 Å². The molecule has 1 aliphatic heterocycles. The molecule has 1 aliphatic rings. The molecule has 0 fully saturated rings. The highest BCUT2D eigenvalue weighted by molar-refractivity contribution is 7.95. The summed E-state index contributed by atoms with van der Waals surface area (Å²) in [5, 5.41) is 0. The van der Waals surface area contributed by atoms with Crippen LogP contribution in [0.4, 0.5) is 0 Å². The van der Waals surface area contributed by atoms with Crippen LogP contribution in [0.3, 0.4) is 0 Å². The minimum Gasteiger partial charge on any atom is -0.374 e. The molecule has 0 spiro atoms. The summed E-state index contributed by atoms with van der Waals surface area (Å²) in [5.74, 6) is 0. The Morgan fingerprint density at radius 3 is 2.20 bits per heavy atom. The average molecular weight is 294 g/mol. The van der Waals surface area contributed by atoms with E-state index in [0.29, 0.717) is 0 Å². The topological polar surface area (TPSA) is 18.5 Å². The van der Waals surface area contributed by atoms with E-state index in [-0.39, 0.29) is 16.6 Å². The van der Waals surface area contributed by atoms with Crippen LogP contribution in [0.15, 0.2) is 17.0 Å². The Balaban J connectivity index is 2.73. The highest BCUT2D eigenvalue weighted by atomic mass is 32.2. The van der Waals surface area contributed by atoms with Crippen LogP contribution >= 0.6 is 12.0 Å². The molecule has 0 unspecified atom stereocenters. The normalized spacial score (nSPS) is 18.2. The molecule has 0 N–H and O–H groups in total. The van der Waals surface area contributed by atoms with E-state index in [4.69, 9.17) is 8.92 Å². The zero-order valence-electron chi connectivity index (χ0n) is 13.9. The molecule has 3 heteroatoms. The van der Waals surface area contributed by atoms with Crippen molar-refractivity contribution in [3.05, 3.63) is 28.8 Å². The number of methoxy groups -OCH3 is 1. The van der Waals surface area contributed by atoms with Crippen LogP contribution in [0.2, 0.25) is 0 Å². The number of rotatable bonds is 2. The zero-order chi connectivity index (χ0) is 15.3. The highest BCUT2D eigenvalue weighted by Crippen LogP contribution is 2.50. The number of hydrogen-bond donors (Lipinski definition) is 0. The fourth-order valence-electron chi connectivity index (χ4n) is 2.35. The van der Waals surface area contributed by atoms with Crippen molar-refractivity contribution < 1.29 is 8.92 Å². The van der Waals surface area contributed by atoms with Crippen LogP contribution in [0.5, 0.6) is 0 Å². The molecule has 112 valence electrons.